The van der Waals surface area contributed by atoms with Crippen LogP contribution in [0.3, 0.4) is 0 Å². The van der Waals surface area contributed by atoms with Gasteiger partial charge in [-0.1, -0.05) is 19.9 Å². The summed E-state index contributed by atoms with van der Waals surface area (Å²) in [5, 5.41) is 7.89. The molecule has 31 heavy (non-hydrogen) atoms. The lowest BCUT2D eigenvalue weighted by Gasteiger charge is -2.22. The number of rotatable bonds is 6. The summed E-state index contributed by atoms with van der Waals surface area (Å²) in [6.45, 7) is 7.29. The second-order valence-electron chi connectivity index (χ2n) is 7.75. The Morgan fingerprint density at radius 3 is 2.65 bits per heavy atom. The number of nitrogens with one attached hydrogen (secondary N) is 1. The Balaban J connectivity index is 0.00000341. The first-order chi connectivity index (χ1) is 14.3. The Hall–Kier alpha value is -2.43. The van der Waals surface area contributed by atoms with Gasteiger partial charge in [0, 0.05) is 58.4 Å². The molecule has 3 aromatic rings. The van der Waals surface area contributed by atoms with E-state index in [1.807, 2.05) is 42.9 Å². The van der Waals surface area contributed by atoms with E-state index in [0.717, 1.165) is 23.0 Å². The summed E-state index contributed by atoms with van der Waals surface area (Å²) in [6.07, 6.45) is 5.47. The first-order valence-corrected chi connectivity index (χ1v) is 10.0. The number of imidazole rings is 1. The fourth-order valence-electron chi connectivity index (χ4n) is 3.55. The van der Waals surface area contributed by atoms with Crippen molar-refractivity contribution in [2.24, 2.45) is 12.0 Å². The first-order valence-electron chi connectivity index (χ1n) is 10.0. The zero-order valence-electron chi connectivity index (χ0n) is 18.9. The van der Waals surface area contributed by atoms with E-state index in [1.54, 1.807) is 36.1 Å². The van der Waals surface area contributed by atoms with Crippen LogP contribution >= 0.6 is 24.0 Å². The van der Waals surface area contributed by atoms with Gasteiger partial charge in [0.2, 0.25) is 0 Å². The maximum absolute atomic E-state index is 14.6. The van der Waals surface area contributed by atoms with Crippen molar-refractivity contribution < 1.29 is 4.39 Å². The number of aryl methyl sites for hydroxylation is 2. The van der Waals surface area contributed by atoms with E-state index in [-0.39, 0.29) is 29.8 Å². The summed E-state index contributed by atoms with van der Waals surface area (Å²) in [5.41, 5.74) is 3.59. The maximum Gasteiger partial charge on any atom is 0.193 e. The van der Waals surface area contributed by atoms with E-state index in [1.165, 1.54) is 5.56 Å². The number of halogens is 2. The van der Waals surface area contributed by atoms with Gasteiger partial charge >= 0.3 is 0 Å². The summed E-state index contributed by atoms with van der Waals surface area (Å²) in [4.78, 5) is 10.6. The Morgan fingerprint density at radius 1 is 1.32 bits per heavy atom. The van der Waals surface area contributed by atoms with Gasteiger partial charge in [-0.15, -0.1) is 24.0 Å². The molecule has 2 aromatic heterocycles. The summed E-state index contributed by atoms with van der Waals surface area (Å²) < 4.78 is 18.2. The van der Waals surface area contributed by atoms with Gasteiger partial charge in [0.05, 0.1) is 11.4 Å². The van der Waals surface area contributed by atoms with Gasteiger partial charge in [-0.25, -0.2) is 9.37 Å². The van der Waals surface area contributed by atoms with Crippen molar-refractivity contribution in [2.75, 3.05) is 14.1 Å². The number of aromatic nitrogens is 4. The fourth-order valence-corrected chi connectivity index (χ4v) is 3.55. The average Bonchev–Trinajstić information content (AvgIpc) is 3.27. The Kier molecular flexibility index (Phi) is 8.60. The lowest BCUT2D eigenvalue weighted by Crippen LogP contribution is -2.38. The molecule has 7 nitrogen and oxygen atoms in total. The average molecular weight is 539 g/mol. The zero-order valence-corrected chi connectivity index (χ0v) is 21.3. The van der Waals surface area contributed by atoms with Crippen LogP contribution in [0.15, 0.2) is 41.8 Å². The van der Waals surface area contributed by atoms with Gasteiger partial charge in [-0.2, -0.15) is 5.10 Å². The van der Waals surface area contributed by atoms with Gasteiger partial charge in [-0.05, 0) is 30.5 Å². The van der Waals surface area contributed by atoms with Crippen LogP contribution in [0.1, 0.15) is 42.4 Å². The van der Waals surface area contributed by atoms with Crippen LogP contribution in [0.5, 0.6) is 0 Å². The monoisotopic (exact) mass is 539 g/mol. The number of guanidine groups is 1. The van der Waals surface area contributed by atoms with Crippen molar-refractivity contribution >= 4 is 29.9 Å². The highest BCUT2D eigenvalue weighted by Crippen LogP contribution is 2.19. The van der Waals surface area contributed by atoms with Crippen molar-refractivity contribution in [1.82, 2.24) is 29.5 Å². The number of nitrogens with zero attached hydrogens (tertiary/aromatic N) is 6. The van der Waals surface area contributed by atoms with Gasteiger partial charge in [0.25, 0.3) is 0 Å². The standard InChI is InChI=1S/C22H30FN7.HI/c1-15(2)21-18(14-29(6)27-21)13-28(5)22(24-4)26-12-17-7-8-20(19(23)11-17)30-10-9-25-16(30)3;/h7-11,14-15H,12-13H2,1-6H3,(H,24,26);1H. The van der Waals surface area contributed by atoms with Gasteiger partial charge in [-0.3, -0.25) is 9.67 Å². The third-order valence-corrected chi connectivity index (χ3v) is 5.01. The summed E-state index contributed by atoms with van der Waals surface area (Å²) in [5.74, 6) is 1.56. The number of aliphatic imine (C=N–C) groups is 1. The molecule has 168 valence electrons. The molecular formula is C22H31FIN7. The van der Waals surface area contributed by atoms with Crippen LogP contribution in [-0.2, 0) is 20.1 Å². The minimum absolute atomic E-state index is 0. The molecule has 3 rings (SSSR count). The van der Waals surface area contributed by atoms with Crippen LogP contribution in [0.25, 0.3) is 5.69 Å². The maximum atomic E-state index is 14.6. The number of hydrogen-bond acceptors (Lipinski definition) is 3. The van der Waals surface area contributed by atoms with Crippen LogP contribution < -0.4 is 5.32 Å². The highest BCUT2D eigenvalue weighted by Gasteiger charge is 2.15. The molecule has 0 spiro atoms. The van der Waals surface area contributed by atoms with Crippen molar-refractivity contribution in [3.63, 3.8) is 0 Å². The Bertz CT molecular complexity index is 1040. The molecule has 0 saturated carbocycles. The summed E-state index contributed by atoms with van der Waals surface area (Å²) in [6, 6.07) is 5.24. The molecule has 1 aromatic carbocycles. The number of benzene rings is 1. The third kappa shape index (κ3) is 5.84. The molecule has 0 aliphatic heterocycles. The molecule has 0 aliphatic carbocycles. The molecule has 0 unspecified atom stereocenters. The molecule has 0 saturated heterocycles. The fraction of sp³-hybridized carbons (Fsp3) is 0.409. The van der Waals surface area contributed by atoms with E-state index in [4.69, 9.17) is 0 Å². The molecule has 0 amide bonds. The van der Waals surface area contributed by atoms with Crippen molar-refractivity contribution in [1.29, 1.82) is 0 Å². The predicted octanol–water partition coefficient (Wildman–Crippen LogP) is 4.00. The Labute approximate surface area is 200 Å². The summed E-state index contributed by atoms with van der Waals surface area (Å²) in [7, 11) is 5.67. The van der Waals surface area contributed by atoms with E-state index >= 15 is 0 Å². The lowest BCUT2D eigenvalue weighted by molar-refractivity contribution is 0.473. The zero-order chi connectivity index (χ0) is 21.8. The van der Waals surface area contributed by atoms with E-state index in [9.17, 15) is 4.39 Å². The van der Waals surface area contributed by atoms with Gasteiger partial charge in [0.15, 0.2) is 5.96 Å². The molecule has 0 bridgehead atoms. The van der Waals surface area contributed by atoms with Crippen LogP contribution in [0.2, 0.25) is 0 Å². The van der Waals surface area contributed by atoms with Gasteiger partial charge < -0.3 is 14.8 Å². The normalized spacial score (nSPS) is 11.5. The van der Waals surface area contributed by atoms with E-state index in [0.29, 0.717) is 24.7 Å². The highest BCUT2D eigenvalue weighted by molar-refractivity contribution is 14.0. The second-order valence-corrected chi connectivity index (χ2v) is 7.75. The molecular weight excluding hydrogens is 508 g/mol. The minimum Gasteiger partial charge on any atom is -0.352 e. The van der Waals surface area contributed by atoms with Crippen LogP contribution in [0, 0.1) is 12.7 Å². The highest BCUT2D eigenvalue weighted by atomic mass is 127. The molecule has 9 heteroatoms. The summed E-state index contributed by atoms with van der Waals surface area (Å²) >= 11 is 0. The van der Waals surface area contributed by atoms with Crippen LogP contribution in [0.4, 0.5) is 4.39 Å². The van der Waals surface area contributed by atoms with Crippen molar-refractivity contribution in [3.05, 3.63) is 65.3 Å². The lowest BCUT2D eigenvalue weighted by atomic mass is 10.1. The van der Waals surface area contributed by atoms with E-state index in [2.05, 4.69) is 34.2 Å². The quantitative estimate of drug-likeness (QED) is 0.292. The second kappa shape index (κ2) is 10.7. The largest absolute Gasteiger partial charge is 0.352 e. The molecule has 2 heterocycles. The topological polar surface area (TPSA) is 63.3 Å². The number of hydrogen-bond donors (Lipinski definition) is 1. The Morgan fingerprint density at radius 2 is 2.06 bits per heavy atom. The SMILES string of the molecule is CN=C(NCc1ccc(-n2ccnc2C)c(F)c1)N(C)Cc1cn(C)nc1C(C)C.I. The molecule has 0 fully saturated rings. The first kappa shape index (κ1) is 24.8. The predicted molar refractivity (Wildman–Crippen MR) is 133 cm³/mol. The minimum atomic E-state index is -0.282. The molecule has 0 atom stereocenters. The van der Waals surface area contributed by atoms with Gasteiger partial charge in [0.1, 0.15) is 11.6 Å². The van der Waals surface area contributed by atoms with E-state index < -0.39 is 0 Å². The smallest absolute Gasteiger partial charge is 0.193 e. The molecule has 0 radical (unpaired) electrons. The van der Waals surface area contributed by atoms with Crippen LogP contribution in [-0.4, -0.2) is 44.3 Å². The van der Waals surface area contributed by atoms with Crippen molar-refractivity contribution in [2.45, 2.75) is 39.8 Å². The van der Waals surface area contributed by atoms with Crippen molar-refractivity contribution in [3.8, 4) is 5.69 Å². The molecule has 1 N–H and O–H groups in total. The third-order valence-electron chi connectivity index (χ3n) is 5.01. The molecule has 0 aliphatic rings.